The van der Waals surface area contributed by atoms with Crippen molar-refractivity contribution in [2.75, 3.05) is 6.54 Å². The molecule has 1 fully saturated rings. The van der Waals surface area contributed by atoms with Crippen LogP contribution in [-0.4, -0.2) is 12.6 Å². The summed E-state index contributed by atoms with van der Waals surface area (Å²) in [6, 6.07) is 3.03. The smallest absolute Gasteiger partial charge is 0.00171 e. The van der Waals surface area contributed by atoms with Gasteiger partial charge in [0.05, 0.1) is 0 Å². The van der Waals surface area contributed by atoms with Crippen molar-refractivity contribution in [3.63, 3.8) is 0 Å². The van der Waals surface area contributed by atoms with Gasteiger partial charge in [0.15, 0.2) is 0 Å². The topological polar surface area (TPSA) is 12.0 Å². The first kappa shape index (κ1) is 16.0. The van der Waals surface area contributed by atoms with E-state index >= 15 is 0 Å². The second kappa shape index (κ2) is 7.09. The molecule has 0 amide bonds. The van der Waals surface area contributed by atoms with E-state index in [0.29, 0.717) is 6.04 Å². The highest BCUT2D eigenvalue weighted by atomic mass is 32.1. The Labute approximate surface area is 129 Å². The minimum Gasteiger partial charge on any atom is -0.314 e. The monoisotopic (exact) mass is 293 g/mol. The molecule has 0 saturated heterocycles. The third-order valence-electron chi connectivity index (χ3n) is 4.94. The predicted molar refractivity (Wildman–Crippen MR) is 90.6 cm³/mol. The summed E-state index contributed by atoms with van der Waals surface area (Å²) in [5.41, 5.74) is 1.61. The molecule has 2 heteroatoms. The van der Waals surface area contributed by atoms with Crippen molar-refractivity contribution >= 4 is 11.3 Å². The van der Waals surface area contributed by atoms with Crippen molar-refractivity contribution in [3.05, 3.63) is 21.9 Å². The van der Waals surface area contributed by atoms with Crippen molar-refractivity contribution in [3.8, 4) is 0 Å². The van der Waals surface area contributed by atoms with Gasteiger partial charge in [-0.05, 0) is 73.4 Å². The second-order valence-electron chi connectivity index (χ2n) is 7.24. The van der Waals surface area contributed by atoms with Gasteiger partial charge in [-0.1, -0.05) is 27.7 Å². The summed E-state index contributed by atoms with van der Waals surface area (Å²) < 4.78 is 0. The minimum absolute atomic E-state index is 0.600. The quantitative estimate of drug-likeness (QED) is 0.785. The Morgan fingerprint density at radius 2 is 2.00 bits per heavy atom. The van der Waals surface area contributed by atoms with Gasteiger partial charge in [0, 0.05) is 10.9 Å². The van der Waals surface area contributed by atoms with E-state index in [2.05, 4.69) is 51.4 Å². The Hall–Kier alpha value is -0.340. The number of thiophene rings is 1. The maximum Gasteiger partial charge on any atom is 0.00171 e. The molecule has 3 unspecified atom stereocenters. The molecule has 0 aromatic carbocycles. The largest absolute Gasteiger partial charge is 0.314 e. The highest BCUT2D eigenvalue weighted by molar-refractivity contribution is 7.10. The highest BCUT2D eigenvalue weighted by Crippen LogP contribution is 2.43. The van der Waals surface area contributed by atoms with Crippen molar-refractivity contribution in [2.24, 2.45) is 17.8 Å². The molecule has 1 heterocycles. The molecule has 1 aliphatic rings. The van der Waals surface area contributed by atoms with Crippen LogP contribution in [0.1, 0.15) is 63.3 Å². The van der Waals surface area contributed by atoms with Gasteiger partial charge in [-0.3, -0.25) is 0 Å². The number of nitrogens with one attached hydrogen (secondary N) is 1. The van der Waals surface area contributed by atoms with Crippen molar-refractivity contribution in [1.82, 2.24) is 5.32 Å². The number of aryl methyl sites for hydroxylation is 1. The Bertz CT molecular complexity index is 407. The molecule has 1 saturated carbocycles. The lowest BCUT2D eigenvalue weighted by Crippen LogP contribution is -2.35. The lowest BCUT2D eigenvalue weighted by molar-refractivity contribution is 0.188. The summed E-state index contributed by atoms with van der Waals surface area (Å²) in [6.45, 7) is 12.7. The van der Waals surface area contributed by atoms with Crippen LogP contribution in [0.4, 0.5) is 0 Å². The van der Waals surface area contributed by atoms with Gasteiger partial charge in [0.2, 0.25) is 0 Å². The van der Waals surface area contributed by atoms with Gasteiger partial charge in [0.25, 0.3) is 0 Å². The summed E-state index contributed by atoms with van der Waals surface area (Å²) in [6.07, 6.45) is 4.20. The average molecular weight is 294 g/mol. The molecule has 1 N–H and O–H groups in total. The molecular formula is C18H31NS. The van der Waals surface area contributed by atoms with E-state index in [-0.39, 0.29) is 0 Å². The van der Waals surface area contributed by atoms with Crippen LogP contribution in [0.5, 0.6) is 0 Å². The third-order valence-corrected chi connectivity index (χ3v) is 5.82. The molecule has 0 aliphatic heterocycles. The van der Waals surface area contributed by atoms with Gasteiger partial charge in [-0.2, -0.15) is 0 Å². The van der Waals surface area contributed by atoms with Crippen LogP contribution in [0.15, 0.2) is 11.4 Å². The molecule has 0 spiro atoms. The van der Waals surface area contributed by atoms with Crippen molar-refractivity contribution in [2.45, 2.75) is 65.8 Å². The first-order valence-electron chi connectivity index (χ1n) is 8.25. The number of hydrogen-bond acceptors (Lipinski definition) is 2. The first-order chi connectivity index (χ1) is 9.47. The van der Waals surface area contributed by atoms with Crippen molar-refractivity contribution < 1.29 is 0 Å². The molecule has 20 heavy (non-hydrogen) atoms. The first-order valence-corrected chi connectivity index (χ1v) is 9.13. The maximum atomic E-state index is 3.67. The fraction of sp³-hybridized carbons (Fsp3) is 0.778. The van der Waals surface area contributed by atoms with Crippen LogP contribution < -0.4 is 5.32 Å². The van der Waals surface area contributed by atoms with E-state index in [1.165, 1.54) is 30.7 Å². The molecule has 2 rings (SSSR count). The molecule has 1 aliphatic carbocycles. The summed E-state index contributed by atoms with van der Waals surface area (Å²) in [5, 5.41) is 6.08. The number of hydrogen-bond donors (Lipinski definition) is 1. The lowest BCUT2D eigenvalue weighted by atomic mass is 9.68. The van der Waals surface area contributed by atoms with Crippen LogP contribution >= 0.6 is 11.3 Å². The molecule has 0 radical (unpaired) electrons. The van der Waals surface area contributed by atoms with Crippen LogP contribution in [-0.2, 0) is 0 Å². The Morgan fingerprint density at radius 1 is 1.25 bits per heavy atom. The van der Waals surface area contributed by atoms with E-state index in [4.69, 9.17) is 0 Å². The van der Waals surface area contributed by atoms with Gasteiger partial charge < -0.3 is 5.32 Å². The van der Waals surface area contributed by atoms with E-state index in [1.807, 2.05) is 11.3 Å². The molecule has 0 bridgehead atoms. The zero-order valence-electron chi connectivity index (χ0n) is 13.8. The van der Waals surface area contributed by atoms with E-state index in [0.717, 1.165) is 23.7 Å². The summed E-state index contributed by atoms with van der Waals surface area (Å²) in [4.78, 5) is 1.46. The average Bonchev–Trinajstić information content (AvgIpc) is 2.82. The molecule has 1 aromatic rings. The van der Waals surface area contributed by atoms with Crippen LogP contribution in [0.25, 0.3) is 0 Å². The Kier molecular flexibility index (Phi) is 5.68. The van der Waals surface area contributed by atoms with Crippen LogP contribution in [0, 0.1) is 24.7 Å². The SMILES string of the molecule is Cc1cc(C2CC(C(C)C)CCC2CNC(C)C)cs1. The molecule has 1 nitrogen and oxygen atoms in total. The molecule has 1 aromatic heterocycles. The third kappa shape index (κ3) is 4.08. The van der Waals surface area contributed by atoms with Crippen LogP contribution in [0.2, 0.25) is 0 Å². The predicted octanol–water partition coefficient (Wildman–Crippen LogP) is 5.21. The molecule has 3 atom stereocenters. The Morgan fingerprint density at radius 3 is 2.55 bits per heavy atom. The highest BCUT2D eigenvalue weighted by Gasteiger charge is 2.32. The Balaban J connectivity index is 2.09. The fourth-order valence-electron chi connectivity index (χ4n) is 3.57. The zero-order chi connectivity index (χ0) is 14.7. The molecule has 114 valence electrons. The van der Waals surface area contributed by atoms with Gasteiger partial charge in [-0.15, -0.1) is 11.3 Å². The van der Waals surface area contributed by atoms with E-state index in [1.54, 1.807) is 5.56 Å². The summed E-state index contributed by atoms with van der Waals surface area (Å²) in [5.74, 6) is 3.33. The van der Waals surface area contributed by atoms with Gasteiger partial charge in [0.1, 0.15) is 0 Å². The molecular weight excluding hydrogens is 262 g/mol. The normalized spacial score (nSPS) is 27.4. The summed E-state index contributed by atoms with van der Waals surface area (Å²) in [7, 11) is 0. The van der Waals surface area contributed by atoms with E-state index in [9.17, 15) is 0 Å². The van der Waals surface area contributed by atoms with Gasteiger partial charge in [-0.25, -0.2) is 0 Å². The second-order valence-corrected chi connectivity index (χ2v) is 8.35. The van der Waals surface area contributed by atoms with Crippen molar-refractivity contribution in [1.29, 1.82) is 0 Å². The van der Waals surface area contributed by atoms with Gasteiger partial charge >= 0.3 is 0 Å². The van der Waals surface area contributed by atoms with E-state index < -0.39 is 0 Å². The fourth-order valence-corrected chi connectivity index (χ4v) is 4.34. The lowest BCUT2D eigenvalue weighted by Gasteiger charge is -2.38. The maximum absolute atomic E-state index is 3.67. The number of rotatable bonds is 5. The minimum atomic E-state index is 0.600. The van der Waals surface area contributed by atoms with Crippen LogP contribution in [0.3, 0.4) is 0 Å². The zero-order valence-corrected chi connectivity index (χ0v) is 14.6. The standard InChI is InChI=1S/C18H31NS/c1-12(2)15-6-7-16(10-19-13(3)4)18(9-15)17-8-14(5)20-11-17/h8,11-13,15-16,18-19H,6-7,9-10H2,1-5H3. The summed E-state index contributed by atoms with van der Waals surface area (Å²) >= 11 is 1.91.